The Bertz CT molecular complexity index is 449. The van der Waals surface area contributed by atoms with Crippen LogP contribution in [0, 0.1) is 10.1 Å². The molecule has 3 N–H and O–H groups in total. The first-order valence-electron chi connectivity index (χ1n) is 4.07. The van der Waals surface area contributed by atoms with Gasteiger partial charge in [0.15, 0.2) is 11.9 Å². The highest BCUT2D eigenvalue weighted by atomic mass is 19.4. The molecular formula is C7H6F3N3O4. The Hall–Kier alpha value is -2.10. The molecule has 0 saturated carbocycles. The van der Waals surface area contributed by atoms with E-state index in [0.29, 0.717) is 6.20 Å². The molecule has 1 aromatic rings. The zero-order chi connectivity index (χ0) is 13.2. The van der Waals surface area contributed by atoms with E-state index >= 15 is 0 Å². The van der Waals surface area contributed by atoms with Gasteiger partial charge in [0, 0.05) is 6.54 Å². The largest absolute Gasteiger partial charge is 0.573 e. The molecule has 0 unspecified atom stereocenters. The molecule has 0 atom stereocenters. The summed E-state index contributed by atoms with van der Waals surface area (Å²) in [5.41, 5.74) is 4.54. The summed E-state index contributed by atoms with van der Waals surface area (Å²) >= 11 is 0. The van der Waals surface area contributed by atoms with Crippen LogP contribution in [-0.4, -0.2) is 21.4 Å². The number of aromatic nitrogens is 1. The van der Waals surface area contributed by atoms with Gasteiger partial charge in [-0.3, -0.25) is 0 Å². The molecule has 0 bridgehead atoms. The van der Waals surface area contributed by atoms with Crippen LogP contribution in [0.15, 0.2) is 6.20 Å². The van der Waals surface area contributed by atoms with E-state index in [1.54, 1.807) is 0 Å². The zero-order valence-corrected chi connectivity index (χ0v) is 8.06. The Morgan fingerprint density at radius 1 is 1.59 bits per heavy atom. The Morgan fingerprint density at radius 2 is 2.18 bits per heavy atom. The quantitative estimate of drug-likeness (QED) is 0.615. The third-order valence-electron chi connectivity index (χ3n) is 1.69. The van der Waals surface area contributed by atoms with Crippen LogP contribution in [0.25, 0.3) is 0 Å². The van der Waals surface area contributed by atoms with Crippen molar-refractivity contribution in [2.45, 2.75) is 12.9 Å². The van der Waals surface area contributed by atoms with Crippen LogP contribution in [0.3, 0.4) is 0 Å². The standard InChI is InChI=1S/C7H6F3N3O4/c8-7(9,10)17-5-3(1-11)4(14)2-12-6(5)13(15)16/h2,14H,1,11H2. The van der Waals surface area contributed by atoms with Crippen molar-refractivity contribution in [1.82, 2.24) is 4.98 Å². The van der Waals surface area contributed by atoms with Crippen LogP contribution >= 0.6 is 0 Å². The molecule has 0 aromatic carbocycles. The van der Waals surface area contributed by atoms with Gasteiger partial charge in [-0.15, -0.1) is 13.2 Å². The lowest BCUT2D eigenvalue weighted by Gasteiger charge is -2.12. The molecule has 1 heterocycles. The van der Waals surface area contributed by atoms with Crippen LogP contribution in [0.5, 0.6) is 11.5 Å². The minimum absolute atomic E-state index is 0.538. The average molecular weight is 253 g/mol. The van der Waals surface area contributed by atoms with Crippen LogP contribution in [0.1, 0.15) is 5.56 Å². The molecule has 0 aliphatic heterocycles. The average Bonchev–Trinajstić information content (AvgIpc) is 2.15. The van der Waals surface area contributed by atoms with Gasteiger partial charge in [0.2, 0.25) is 5.75 Å². The third kappa shape index (κ3) is 2.93. The van der Waals surface area contributed by atoms with Crippen molar-refractivity contribution in [2.75, 3.05) is 0 Å². The lowest BCUT2D eigenvalue weighted by Crippen LogP contribution is -2.20. The van der Waals surface area contributed by atoms with Crippen molar-refractivity contribution in [3.05, 3.63) is 21.9 Å². The van der Waals surface area contributed by atoms with Gasteiger partial charge in [0.25, 0.3) is 0 Å². The van der Waals surface area contributed by atoms with E-state index in [4.69, 9.17) is 5.73 Å². The van der Waals surface area contributed by atoms with Gasteiger partial charge < -0.3 is 25.7 Å². The van der Waals surface area contributed by atoms with Gasteiger partial charge in [-0.25, -0.2) is 0 Å². The number of ether oxygens (including phenoxy) is 1. The summed E-state index contributed by atoms with van der Waals surface area (Å²) in [6.07, 6.45) is -4.52. The van der Waals surface area contributed by atoms with E-state index in [-0.39, 0.29) is 0 Å². The van der Waals surface area contributed by atoms with E-state index < -0.39 is 40.7 Å². The number of halogens is 3. The normalized spacial score (nSPS) is 11.3. The van der Waals surface area contributed by atoms with Crippen LogP contribution in [0.4, 0.5) is 19.0 Å². The van der Waals surface area contributed by atoms with Crippen molar-refractivity contribution in [3.63, 3.8) is 0 Å². The first-order chi connectivity index (χ1) is 7.76. The Balaban J connectivity index is 3.39. The van der Waals surface area contributed by atoms with E-state index in [9.17, 15) is 28.4 Å². The molecule has 0 amide bonds. The van der Waals surface area contributed by atoms with Gasteiger partial charge in [0.1, 0.15) is 0 Å². The Kier molecular flexibility index (Phi) is 3.36. The molecule has 1 aromatic heterocycles. The molecule has 1 rings (SSSR count). The fourth-order valence-electron chi connectivity index (χ4n) is 1.06. The minimum atomic E-state index is -5.15. The fourth-order valence-corrected chi connectivity index (χ4v) is 1.06. The molecule has 0 fully saturated rings. The maximum absolute atomic E-state index is 12.0. The van der Waals surface area contributed by atoms with Crippen molar-refractivity contribution in [2.24, 2.45) is 5.73 Å². The summed E-state index contributed by atoms with van der Waals surface area (Å²) in [4.78, 5) is 12.3. The Morgan fingerprint density at radius 3 is 2.59 bits per heavy atom. The van der Waals surface area contributed by atoms with E-state index in [1.807, 2.05) is 0 Å². The molecule has 0 radical (unpaired) electrons. The zero-order valence-electron chi connectivity index (χ0n) is 8.06. The monoisotopic (exact) mass is 253 g/mol. The number of aromatic hydroxyl groups is 1. The van der Waals surface area contributed by atoms with Crippen LogP contribution < -0.4 is 10.5 Å². The number of pyridine rings is 1. The van der Waals surface area contributed by atoms with Gasteiger partial charge in [-0.1, -0.05) is 0 Å². The van der Waals surface area contributed by atoms with E-state index in [1.165, 1.54) is 0 Å². The van der Waals surface area contributed by atoms with Crippen molar-refractivity contribution in [1.29, 1.82) is 0 Å². The van der Waals surface area contributed by atoms with Crippen molar-refractivity contribution >= 4 is 5.82 Å². The number of hydrogen-bond acceptors (Lipinski definition) is 6. The summed E-state index contributed by atoms with van der Waals surface area (Å²) < 4.78 is 39.6. The molecular weight excluding hydrogens is 247 g/mol. The molecule has 17 heavy (non-hydrogen) atoms. The molecule has 0 spiro atoms. The highest BCUT2D eigenvalue weighted by Gasteiger charge is 2.37. The Labute approximate surface area is 91.8 Å². The predicted octanol–water partition coefficient (Wildman–Crippen LogP) is 1.05. The number of rotatable bonds is 3. The molecule has 0 aliphatic rings. The number of nitrogens with two attached hydrogens (primary N) is 1. The van der Waals surface area contributed by atoms with Crippen molar-refractivity contribution < 1.29 is 27.9 Å². The smallest absolute Gasteiger partial charge is 0.504 e. The summed E-state index contributed by atoms with van der Waals surface area (Å²) in [6, 6.07) is 0. The maximum atomic E-state index is 12.0. The molecule has 94 valence electrons. The summed E-state index contributed by atoms with van der Waals surface area (Å²) in [5.74, 6) is -3.08. The summed E-state index contributed by atoms with van der Waals surface area (Å²) in [6.45, 7) is -0.569. The SMILES string of the molecule is NCc1c(O)cnc([N+](=O)[O-])c1OC(F)(F)F. The number of alkyl halides is 3. The van der Waals surface area contributed by atoms with Crippen LogP contribution in [-0.2, 0) is 6.54 Å². The second-order valence-corrected chi connectivity index (χ2v) is 2.78. The predicted molar refractivity (Wildman–Crippen MR) is 47.1 cm³/mol. The second kappa shape index (κ2) is 4.41. The molecule has 0 saturated heterocycles. The second-order valence-electron chi connectivity index (χ2n) is 2.78. The lowest BCUT2D eigenvalue weighted by molar-refractivity contribution is -0.393. The molecule has 7 nitrogen and oxygen atoms in total. The number of nitrogens with zero attached hydrogens (tertiary/aromatic N) is 2. The molecule has 0 aliphatic carbocycles. The highest BCUT2D eigenvalue weighted by molar-refractivity contribution is 5.52. The number of hydrogen-bond donors (Lipinski definition) is 2. The van der Waals surface area contributed by atoms with Gasteiger partial charge in [0.05, 0.1) is 5.56 Å². The van der Waals surface area contributed by atoms with Gasteiger partial charge >= 0.3 is 12.2 Å². The minimum Gasteiger partial charge on any atom is -0.504 e. The van der Waals surface area contributed by atoms with Gasteiger partial charge in [-0.05, 0) is 9.91 Å². The van der Waals surface area contributed by atoms with E-state index in [2.05, 4.69) is 9.72 Å². The lowest BCUT2D eigenvalue weighted by atomic mass is 10.2. The topological polar surface area (TPSA) is 112 Å². The summed E-state index contributed by atoms with van der Waals surface area (Å²) in [7, 11) is 0. The third-order valence-corrected chi connectivity index (χ3v) is 1.69. The fraction of sp³-hybridized carbons (Fsp3) is 0.286. The van der Waals surface area contributed by atoms with E-state index in [0.717, 1.165) is 0 Å². The summed E-state index contributed by atoms with van der Waals surface area (Å²) in [5, 5.41) is 19.6. The molecule has 10 heteroatoms. The highest BCUT2D eigenvalue weighted by Crippen LogP contribution is 2.37. The maximum Gasteiger partial charge on any atom is 0.573 e. The number of nitro groups is 1. The first kappa shape index (κ1) is 13.0. The van der Waals surface area contributed by atoms with Crippen molar-refractivity contribution in [3.8, 4) is 11.5 Å². The first-order valence-corrected chi connectivity index (χ1v) is 4.07. The van der Waals surface area contributed by atoms with Crippen LogP contribution in [0.2, 0.25) is 0 Å². The van der Waals surface area contributed by atoms with Gasteiger partial charge in [-0.2, -0.15) is 0 Å².